The molecular weight excluding hydrogens is 374 g/mol. The van der Waals surface area contributed by atoms with Crippen molar-refractivity contribution in [3.8, 4) is 17.5 Å². The molecule has 0 fully saturated rings. The maximum atomic E-state index is 9.64. The minimum absolute atomic E-state index is 0.167. The molecule has 7 heteroatoms. The molecule has 0 saturated heterocycles. The molecule has 0 aliphatic carbocycles. The van der Waals surface area contributed by atoms with Crippen molar-refractivity contribution >= 4 is 22.8 Å². The van der Waals surface area contributed by atoms with E-state index >= 15 is 0 Å². The Morgan fingerprint density at radius 3 is 2.40 bits per heavy atom. The van der Waals surface area contributed by atoms with Crippen LogP contribution in [0.15, 0.2) is 65.3 Å². The predicted molar refractivity (Wildman–Crippen MR) is 117 cm³/mol. The summed E-state index contributed by atoms with van der Waals surface area (Å²) < 4.78 is 1.49. The third kappa shape index (κ3) is 3.23. The highest BCUT2D eigenvalue weighted by Gasteiger charge is 2.32. The van der Waals surface area contributed by atoms with Gasteiger partial charge in [0.05, 0.1) is 18.3 Å². The molecule has 3 aromatic rings. The third-order valence-electron chi connectivity index (χ3n) is 4.95. The minimum Gasteiger partial charge on any atom is -0.372 e. The molecule has 0 spiro atoms. The zero-order valence-electron chi connectivity index (χ0n) is 16.7. The summed E-state index contributed by atoms with van der Waals surface area (Å²) in [5, 5.41) is 14.2. The van der Waals surface area contributed by atoms with Crippen molar-refractivity contribution < 1.29 is 0 Å². The second kappa shape index (κ2) is 8.02. The van der Waals surface area contributed by atoms with Gasteiger partial charge in [-0.3, -0.25) is 0 Å². The van der Waals surface area contributed by atoms with Gasteiger partial charge in [-0.1, -0.05) is 30.3 Å². The summed E-state index contributed by atoms with van der Waals surface area (Å²) in [6.45, 7) is 13.6. The Morgan fingerprint density at radius 1 is 1.10 bits per heavy atom. The molecule has 7 nitrogen and oxygen atoms in total. The van der Waals surface area contributed by atoms with Crippen LogP contribution in [0.3, 0.4) is 0 Å². The van der Waals surface area contributed by atoms with Crippen LogP contribution >= 0.6 is 0 Å². The normalized spacial score (nSPS) is 13.8. The molecule has 1 aliphatic rings. The summed E-state index contributed by atoms with van der Waals surface area (Å²) in [5.41, 5.74) is 2.99. The van der Waals surface area contributed by atoms with Gasteiger partial charge in [0, 0.05) is 24.3 Å². The summed E-state index contributed by atoms with van der Waals surface area (Å²) >= 11 is 0. The molecule has 1 aliphatic heterocycles. The molecule has 0 amide bonds. The molecule has 0 atom stereocenters. The molecule has 2 aromatic carbocycles. The Morgan fingerprint density at radius 2 is 1.80 bits per heavy atom. The van der Waals surface area contributed by atoms with Gasteiger partial charge in [-0.15, -0.1) is 5.10 Å². The van der Waals surface area contributed by atoms with Crippen molar-refractivity contribution in [2.24, 2.45) is 4.99 Å². The average molecular weight is 393 g/mol. The first-order valence-electron chi connectivity index (χ1n) is 9.69. The van der Waals surface area contributed by atoms with Crippen LogP contribution in [0.2, 0.25) is 0 Å². The van der Waals surface area contributed by atoms with Crippen LogP contribution in [-0.4, -0.2) is 33.7 Å². The number of anilines is 1. The van der Waals surface area contributed by atoms with Crippen molar-refractivity contribution in [2.45, 2.75) is 13.8 Å². The number of allylic oxidation sites excluding steroid dienone is 2. The van der Waals surface area contributed by atoms with Crippen LogP contribution in [0, 0.1) is 17.9 Å². The van der Waals surface area contributed by atoms with Crippen molar-refractivity contribution in [3.63, 3.8) is 0 Å². The monoisotopic (exact) mass is 393 g/mol. The number of rotatable bonds is 5. The van der Waals surface area contributed by atoms with E-state index in [2.05, 4.69) is 44.7 Å². The lowest BCUT2D eigenvalue weighted by Crippen LogP contribution is -2.21. The van der Waals surface area contributed by atoms with Gasteiger partial charge >= 0.3 is 0 Å². The molecule has 2 heterocycles. The fraction of sp³-hybridized carbons (Fsp3) is 0.174. The van der Waals surface area contributed by atoms with Crippen molar-refractivity contribution in [1.82, 2.24) is 14.8 Å². The molecule has 30 heavy (non-hydrogen) atoms. The van der Waals surface area contributed by atoms with Crippen LogP contribution in [0.5, 0.6) is 0 Å². The van der Waals surface area contributed by atoms with E-state index in [-0.39, 0.29) is 11.3 Å². The van der Waals surface area contributed by atoms with Gasteiger partial charge in [-0.05, 0) is 38.1 Å². The maximum Gasteiger partial charge on any atom is 0.251 e. The van der Waals surface area contributed by atoms with E-state index in [1.807, 2.05) is 54.6 Å². The first kappa shape index (κ1) is 19.1. The van der Waals surface area contributed by atoms with Gasteiger partial charge in [0.1, 0.15) is 5.57 Å². The zero-order chi connectivity index (χ0) is 21.1. The topological polar surface area (TPSA) is 74.5 Å². The van der Waals surface area contributed by atoms with Crippen molar-refractivity contribution in [3.05, 3.63) is 77.5 Å². The number of aliphatic imine (C=N–C) groups is 1. The quantitative estimate of drug-likeness (QED) is 0.597. The summed E-state index contributed by atoms with van der Waals surface area (Å²) in [6.07, 6.45) is 0. The minimum atomic E-state index is 0.167. The Bertz CT molecular complexity index is 1220. The number of aromatic nitrogens is 3. The lowest BCUT2D eigenvalue weighted by atomic mass is 10.2. The molecule has 4 rings (SSSR count). The zero-order valence-corrected chi connectivity index (χ0v) is 16.7. The second-order valence-corrected chi connectivity index (χ2v) is 6.61. The van der Waals surface area contributed by atoms with Gasteiger partial charge in [-0.25, -0.2) is 19.5 Å². The fourth-order valence-corrected chi connectivity index (χ4v) is 3.41. The maximum absolute atomic E-state index is 9.64. The van der Waals surface area contributed by atoms with Crippen molar-refractivity contribution in [2.75, 3.05) is 18.0 Å². The molecule has 1 aromatic heterocycles. The number of hydrogen-bond donors (Lipinski definition) is 0. The number of benzene rings is 2. The Balaban J connectivity index is 1.79. The van der Waals surface area contributed by atoms with Crippen LogP contribution in [0.4, 0.5) is 11.4 Å². The summed E-state index contributed by atoms with van der Waals surface area (Å²) in [5.74, 6) is 1.16. The Kier molecular flexibility index (Phi) is 5.11. The first-order valence-corrected chi connectivity index (χ1v) is 9.69. The van der Waals surface area contributed by atoms with E-state index in [0.717, 1.165) is 24.3 Å². The molecule has 0 bridgehead atoms. The summed E-state index contributed by atoms with van der Waals surface area (Å²) in [4.78, 5) is 14.9. The van der Waals surface area contributed by atoms with Gasteiger partial charge in [0.25, 0.3) is 5.70 Å². The van der Waals surface area contributed by atoms with Crippen LogP contribution in [0.25, 0.3) is 21.8 Å². The highest BCUT2D eigenvalue weighted by molar-refractivity contribution is 6.15. The van der Waals surface area contributed by atoms with E-state index in [4.69, 9.17) is 6.57 Å². The van der Waals surface area contributed by atoms with Gasteiger partial charge in [-0.2, -0.15) is 5.26 Å². The number of fused-ring (bicyclic) bond motifs is 1. The van der Waals surface area contributed by atoms with Crippen molar-refractivity contribution in [1.29, 1.82) is 5.26 Å². The first-order chi connectivity index (χ1) is 14.7. The lowest BCUT2D eigenvalue weighted by molar-refractivity contribution is 0.866. The average Bonchev–Trinajstić information content (AvgIpc) is 3.34. The fourth-order valence-electron chi connectivity index (χ4n) is 3.41. The number of hydrogen-bond acceptors (Lipinski definition) is 5. The molecule has 0 N–H and O–H groups in total. The van der Waals surface area contributed by atoms with E-state index in [1.165, 1.54) is 4.68 Å². The van der Waals surface area contributed by atoms with Gasteiger partial charge in [0.15, 0.2) is 17.5 Å². The molecule has 146 valence electrons. The van der Waals surface area contributed by atoms with Gasteiger partial charge < -0.3 is 4.90 Å². The van der Waals surface area contributed by atoms with E-state index in [0.29, 0.717) is 23.2 Å². The van der Waals surface area contributed by atoms with Crippen LogP contribution < -0.4 is 4.90 Å². The molecule has 0 saturated carbocycles. The summed E-state index contributed by atoms with van der Waals surface area (Å²) in [7, 11) is 0. The standard InChI is InChI=1S/C23H19N7/c1-4-29(5-2)18-13-11-17(12-14-18)26-23-20(25-3)19(15-24)22-27-21(28-30(22)23)16-9-7-6-8-10-16/h6-14H,4-5H2,1-2H3. The van der Waals surface area contributed by atoms with E-state index in [9.17, 15) is 5.26 Å². The highest BCUT2D eigenvalue weighted by Crippen LogP contribution is 2.31. The lowest BCUT2D eigenvalue weighted by Gasteiger charge is -2.20. The highest BCUT2D eigenvalue weighted by atomic mass is 15.4. The van der Waals surface area contributed by atoms with Crippen LogP contribution in [-0.2, 0) is 0 Å². The van der Waals surface area contributed by atoms with E-state index in [1.54, 1.807) is 0 Å². The molecule has 0 unspecified atom stereocenters. The van der Waals surface area contributed by atoms with Gasteiger partial charge in [0.2, 0.25) is 0 Å². The number of nitrogens with zero attached hydrogens (tertiary/aromatic N) is 7. The summed E-state index contributed by atoms with van der Waals surface area (Å²) in [6, 6.07) is 19.4. The molecular formula is C23H19N7. The smallest absolute Gasteiger partial charge is 0.251 e. The predicted octanol–water partition coefficient (Wildman–Crippen LogP) is 4.54. The van der Waals surface area contributed by atoms with Crippen LogP contribution in [0.1, 0.15) is 19.7 Å². The molecule has 0 radical (unpaired) electrons. The van der Waals surface area contributed by atoms with E-state index < -0.39 is 0 Å². The largest absolute Gasteiger partial charge is 0.372 e. The third-order valence-corrected chi connectivity index (χ3v) is 4.95. The second-order valence-electron chi connectivity index (χ2n) is 6.61. The Labute approximate surface area is 175 Å². The SMILES string of the molecule is [C-]#[N+]C1=C(C#N)c2nc(-c3ccccc3)nn2C1=Nc1ccc(N(CC)CC)cc1. The Hall–Kier alpha value is -4.23. The number of nitriles is 1.